The van der Waals surface area contributed by atoms with Crippen LogP contribution in [0.25, 0.3) is 0 Å². The molecule has 0 aliphatic carbocycles. The van der Waals surface area contributed by atoms with Crippen LogP contribution in [0.2, 0.25) is 0 Å². The zero-order chi connectivity index (χ0) is 15.3. The Morgan fingerprint density at radius 2 is 1.70 bits per heavy atom. The predicted octanol–water partition coefficient (Wildman–Crippen LogP) is 3.42. The first-order valence-corrected chi connectivity index (χ1v) is 6.68. The normalized spacial score (nSPS) is 13.0. The van der Waals surface area contributed by atoms with Crippen LogP contribution in [0.5, 0.6) is 11.5 Å². The van der Waals surface area contributed by atoms with Crippen LogP contribution in [-0.2, 0) is 0 Å². The van der Waals surface area contributed by atoms with Crippen molar-refractivity contribution in [2.45, 2.75) is 34.1 Å². The van der Waals surface area contributed by atoms with E-state index in [1.54, 1.807) is 14.2 Å². The molecule has 0 spiro atoms. The number of aryl methyl sites for hydroxylation is 1. The van der Waals surface area contributed by atoms with Crippen molar-refractivity contribution in [3.63, 3.8) is 0 Å². The number of nitrogens with zero attached hydrogens (tertiary/aromatic N) is 1. The largest absolute Gasteiger partial charge is 0.493 e. The Morgan fingerprint density at radius 1 is 1.15 bits per heavy atom. The highest BCUT2D eigenvalue weighted by Gasteiger charge is 2.11. The molecule has 1 rings (SSSR count). The Hall–Kier alpha value is -1.97. The summed E-state index contributed by atoms with van der Waals surface area (Å²) < 4.78 is 10.6. The van der Waals surface area contributed by atoms with E-state index >= 15 is 0 Å². The standard InChI is InChI=1S/C16H24N2O2/c1-7-10(2)12(4)18-16(17)13-9-15(20-6)14(19-5)8-11(13)3/h8-9H,7H2,1-6H3,(H2,17,18). The van der Waals surface area contributed by atoms with Gasteiger partial charge in [0.05, 0.1) is 14.2 Å². The molecule has 0 radical (unpaired) electrons. The van der Waals surface area contributed by atoms with Gasteiger partial charge in [-0.25, -0.2) is 4.99 Å². The lowest BCUT2D eigenvalue weighted by Gasteiger charge is -2.12. The average molecular weight is 276 g/mol. The highest BCUT2D eigenvalue weighted by Crippen LogP contribution is 2.30. The molecule has 0 unspecified atom stereocenters. The fourth-order valence-corrected chi connectivity index (χ4v) is 1.85. The van der Waals surface area contributed by atoms with E-state index in [1.807, 2.05) is 26.0 Å². The zero-order valence-electron chi connectivity index (χ0n) is 13.2. The first kappa shape index (κ1) is 16.1. The second-order valence-corrected chi connectivity index (χ2v) is 4.74. The minimum atomic E-state index is 0.494. The minimum absolute atomic E-state index is 0.494. The molecule has 4 heteroatoms. The van der Waals surface area contributed by atoms with Crippen LogP contribution >= 0.6 is 0 Å². The van der Waals surface area contributed by atoms with Crippen LogP contribution in [0, 0.1) is 6.92 Å². The van der Waals surface area contributed by atoms with Crippen LogP contribution in [0.4, 0.5) is 0 Å². The third-order valence-corrected chi connectivity index (χ3v) is 3.44. The van der Waals surface area contributed by atoms with Gasteiger partial charge in [0.25, 0.3) is 0 Å². The number of amidine groups is 1. The number of hydrogen-bond acceptors (Lipinski definition) is 3. The molecule has 0 heterocycles. The number of rotatable bonds is 5. The van der Waals surface area contributed by atoms with Gasteiger partial charge in [0.15, 0.2) is 11.5 Å². The van der Waals surface area contributed by atoms with Crippen LogP contribution in [0.3, 0.4) is 0 Å². The number of aliphatic imine (C=N–C) groups is 1. The molecule has 0 aliphatic heterocycles. The molecule has 0 aromatic heterocycles. The molecular formula is C16H24N2O2. The molecule has 0 amide bonds. The van der Waals surface area contributed by atoms with Gasteiger partial charge >= 0.3 is 0 Å². The van der Waals surface area contributed by atoms with Crippen molar-refractivity contribution in [1.29, 1.82) is 0 Å². The van der Waals surface area contributed by atoms with E-state index in [2.05, 4.69) is 18.8 Å². The molecule has 0 bridgehead atoms. The molecule has 0 aliphatic rings. The summed E-state index contributed by atoms with van der Waals surface area (Å²) in [6.07, 6.45) is 0.966. The molecule has 1 aromatic carbocycles. The second kappa shape index (κ2) is 6.98. The van der Waals surface area contributed by atoms with Crippen molar-refractivity contribution >= 4 is 5.84 Å². The van der Waals surface area contributed by atoms with Gasteiger partial charge in [-0.2, -0.15) is 0 Å². The van der Waals surface area contributed by atoms with Crippen LogP contribution < -0.4 is 15.2 Å². The van der Waals surface area contributed by atoms with E-state index in [1.165, 1.54) is 5.57 Å². The topological polar surface area (TPSA) is 56.8 Å². The smallest absolute Gasteiger partial charge is 0.161 e. The van der Waals surface area contributed by atoms with Crippen LogP contribution in [0.1, 0.15) is 38.3 Å². The average Bonchev–Trinajstić information content (AvgIpc) is 2.45. The van der Waals surface area contributed by atoms with Gasteiger partial charge in [-0.05, 0) is 44.9 Å². The lowest BCUT2D eigenvalue weighted by molar-refractivity contribution is 0.354. The Kier molecular flexibility index (Phi) is 5.62. The molecule has 20 heavy (non-hydrogen) atoms. The number of ether oxygens (including phenoxy) is 2. The van der Waals surface area contributed by atoms with Crippen LogP contribution in [-0.4, -0.2) is 20.1 Å². The van der Waals surface area contributed by atoms with E-state index in [0.29, 0.717) is 17.3 Å². The molecule has 1 aromatic rings. The monoisotopic (exact) mass is 276 g/mol. The van der Waals surface area contributed by atoms with Crippen molar-refractivity contribution in [2.24, 2.45) is 10.7 Å². The van der Waals surface area contributed by atoms with Crippen molar-refractivity contribution in [1.82, 2.24) is 0 Å². The molecule has 2 N–H and O–H groups in total. The van der Waals surface area contributed by atoms with E-state index in [9.17, 15) is 0 Å². The van der Waals surface area contributed by atoms with Gasteiger partial charge in [-0.1, -0.05) is 12.5 Å². The van der Waals surface area contributed by atoms with Gasteiger partial charge in [0, 0.05) is 11.3 Å². The highest BCUT2D eigenvalue weighted by atomic mass is 16.5. The molecular weight excluding hydrogens is 252 g/mol. The lowest BCUT2D eigenvalue weighted by Crippen LogP contribution is -2.15. The second-order valence-electron chi connectivity index (χ2n) is 4.74. The molecule has 0 saturated carbocycles. The maximum absolute atomic E-state index is 6.12. The maximum atomic E-state index is 6.12. The number of methoxy groups -OCH3 is 2. The maximum Gasteiger partial charge on any atom is 0.161 e. The highest BCUT2D eigenvalue weighted by molar-refractivity contribution is 6.00. The summed E-state index contributed by atoms with van der Waals surface area (Å²) in [6, 6.07) is 3.77. The first-order chi connectivity index (χ1) is 9.44. The van der Waals surface area contributed by atoms with Gasteiger partial charge in [0.1, 0.15) is 5.84 Å². The van der Waals surface area contributed by atoms with Crippen molar-refractivity contribution in [2.75, 3.05) is 14.2 Å². The fourth-order valence-electron chi connectivity index (χ4n) is 1.85. The van der Waals surface area contributed by atoms with Crippen LogP contribution in [0.15, 0.2) is 28.4 Å². The number of benzene rings is 1. The minimum Gasteiger partial charge on any atom is -0.493 e. The molecule has 0 atom stereocenters. The Morgan fingerprint density at radius 3 is 2.20 bits per heavy atom. The summed E-state index contributed by atoms with van der Waals surface area (Å²) in [7, 11) is 3.22. The summed E-state index contributed by atoms with van der Waals surface area (Å²) in [6.45, 7) is 8.12. The van der Waals surface area contributed by atoms with Gasteiger partial charge < -0.3 is 15.2 Å². The van der Waals surface area contributed by atoms with Crippen molar-refractivity contribution in [3.8, 4) is 11.5 Å². The lowest BCUT2D eigenvalue weighted by atomic mass is 10.1. The SMILES string of the molecule is CCC(C)=C(C)N=C(N)c1cc(OC)c(OC)cc1C. The molecule has 4 nitrogen and oxygen atoms in total. The molecule has 110 valence electrons. The summed E-state index contributed by atoms with van der Waals surface area (Å²) >= 11 is 0. The Bertz CT molecular complexity index is 546. The van der Waals surface area contributed by atoms with E-state index < -0.39 is 0 Å². The Labute approximate surface area is 121 Å². The summed E-state index contributed by atoms with van der Waals surface area (Å²) in [4.78, 5) is 4.49. The molecule has 0 saturated heterocycles. The molecule has 0 fully saturated rings. The predicted molar refractivity (Wildman–Crippen MR) is 83.7 cm³/mol. The van der Waals surface area contributed by atoms with Gasteiger partial charge in [0.2, 0.25) is 0 Å². The van der Waals surface area contributed by atoms with Gasteiger partial charge in [-0.3, -0.25) is 0 Å². The summed E-state index contributed by atoms with van der Waals surface area (Å²) in [5.41, 5.74) is 10.2. The summed E-state index contributed by atoms with van der Waals surface area (Å²) in [5, 5.41) is 0. The van der Waals surface area contributed by atoms with E-state index in [4.69, 9.17) is 15.2 Å². The van der Waals surface area contributed by atoms with E-state index in [-0.39, 0.29) is 0 Å². The summed E-state index contributed by atoms with van der Waals surface area (Å²) in [5.74, 6) is 1.84. The van der Waals surface area contributed by atoms with Crippen molar-refractivity contribution in [3.05, 3.63) is 34.5 Å². The van der Waals surface area contributed by atoms with Crippen molar-refractivity contribution < 1.29 is 9.47 Å². The first-order valence-electron chi connectivity index (χ1n) is 6.68. The zero-order valence-corrected chi connectivity index (χ0v) is 13.2. The van der Waals surface area contributed by atoms with Gasteiger partial charge in [-0.15, -0.1) is 0 Å². The number of hydrogen-bond donors (Lipinski definition) is 1. The third kappa shape index (κ3) is 3.53. The Balaban J connectivity index is 3.29. The van der Waals surface area contributed by atoms with E-state index in [0.717, 1.165) is 23.2 Å². The third-order valence-electron chi connectivity index (χ3n) is 3.44. The quantitative estimate of drug-likeness (QED) is 0.662. The number of nitrogens with two attached hydrogens (primary N) is 1. The number of allylic oxidation sites excluding steroid dienone is 2. The fraction of sp³-hybridized carbons (Fsp3) is 0.438.